The summed E-state index contributed by atoms with van der Waals surface area (Å²) in [5, 5.41) is 10.9. The zero-order chi connectivity index (χ0) is 14.9. The number of likely N-dealkylation sites (tertiary alicyclic amines) is 1. The molecule has 106 valence electrons. The van der Waals surface area contributed by atoms with Crippen LogP contribution in [0.3, 0.4) is 0 Å². The van der Waals surface area contributed by atoms with Crippen molar-refractivity contribution in [2.24, 2.45) is 5.92 Å². The van der Waals surface area contributed by atoms with Crippen molar-refractivity contribution in [2.45, 2.75) is 19.8 Å². The minimum Gasteiger partial charge on any atom is -0.278 e. The van der Waals surface area contributed by atoms with E-state index in [0.717, 1.165) is 23.6 Å². The van der Waals surface area contributed by atoms with Gasteiger partial charge in [0.05, 0.1) is 4.92 Å². The van der Waals surface area contributed by atoms with Gasteiger partial charge in [0.15, 0.2) is 0 Å². The van der Waals surface area contributed by atoms with Gasteiger partial charge in [-0.15, -0.1) is 0 Å². The van der Waals surface area contributed by atoms with Crippen LogP contribution in [0, 0.1) is 16.0 Å². The zero-order valence-corrected chi connectivity index (χ0v) is 11.5. The Kier molecular flexibility index (Phi) is 3.99. The molecular weight excluding hydrogens is 286 g/mol. The van der Waals surface area contributed by atoms with Gasteiger partial charge in [-0.3, -0.25) is 24.6 Å². The van der Waals surface area contributed by atoms with E-state index in [0.29, 0.717) is 0 Å². The van der Waals surface area contributed by atoms with Gasteiger partial charge in [-0.2, -0.15) is 0 Å². The van der Waals surface area contributed by atoms with Crippen LogP contribution >= 0.6 is 11.6 Å². The number of pyridine rings is 1. The van der Waals surface area contributed by atoms with Crippen molar-refractivity contribution in [3.63, 3.8) is 0 Å². The predicted octanol–water partition coefficient (Wildman–Crippen LogP) is 2.04. The van der Waals surface area contributed by atoms with Crippen LogP contribution in [0.15, 0.2) is 12.3 Å². The van der Waals surface area contributed by atoms with Gasteiger partial charge in [0.2, 0.25) is 5.91 Å². The van der Waals surface area contributed by atoms with Gasteiger partial charge in [0, 0.05) is 13.0 Å². The van der Waals surface area contributed by atoms with E-state index in [-0.39, 0.29) is 35.5 Å². The molecule has 0 aliphatic carbocycles. The Morgan fingerprint density at radius 3 is 2.90 bits per heavy atom. The molecule has 2 rings (SSSR count). The van der Waals surface area contributed by atoms with Crippen molar-refractivity contribution >= 4 is 29.1 Å². The van der Waals surface area contributed by atoms with Crippen LogP contribution in [0.4, 0.5) is 5.69 Å². The van der Waals surface area contributed by atoms with Crippen LogP contribution in [0.2, 0.25) is 5.15 Å². The molecule has 2 amide bonds. The van der Waals surface area contributed by atoms with E-state index in [1.54, 1.807) is 0 Å². The second kappa shape index (κ2) is 5.54. The number of halogens is 1. The molecule has 2 heterocycles. The first-order valence-corrected chi connectivity index (χ1v) is 6.46. The highest BCUT2D eigenvalue weighted by Crippen LogP contribution is 2.27. The number of carbonyl (C=O) groups excluding carboxylic acids is 2. The fraction of sp³-hybridized carbons (Fsp3) is 0.417. The highest BCUT2D eigenvalue weighted by atomic mass is 35.5. The molecule has 1 saturated heterocycles. The largest absolute Gasteiger partial charge is 0.300 e. The van der Waals surface area contributed by atoms with Crippen molar-refractivity contribution in [3.8, 4) is 0 Å². The van der Waals surface area contributed by atoms with E-state index in [1.165, 1.54) is 0 Å². The number of amides is 2. The lowest BCUT2D eigenvalue weighted by Gasteiger charge is -2.14. The Balaban J connectivity index is 2.36. The van der Waals surface area contributed by atoms with Crippen LogP contribution < -0.4 is 0 Å². The summed E-state index contributed by atoms with van der Waals surface area (Å²) < 4.78 is 0. The molecule has 1 atom stereocenters. The number of carbonyl (C=O) groups is 2. The lowest BCUT2D eigenvalue weighted by molar-refractivity contribution is -0.385. The molecule has 1 unspecified atom stereocenters. The smallest absolute Gasteiger partial charge is 0.278 e. The minimum absolute atomic E-state index is 0.0300. The van der Waals surface area contributed by atoms with Gasteiger partial charge >= 0.3 is 0 Å². The summed E-state index contributed by atoms with van der Waals surface area (Å²) >= 11 is 5.68. The van der Waals surface area contributed by atoms with E-state index in [4.69, 9.17) is 11.6 Å². The van der Waals surface area contributed by atoms with E-state index in [9.17, 15) is 19.7 Å². The number of hydrogen-bond donors (Lipinski definition) is 0. The lowest BCUT2D eigenvalue weighted by Crippen LogP contribution is -2.32. The molecule has 1 aromatic heterocycles. The van der Waals surface area contributed by atoms with Crippen molar-refractivity contribution in [2.75, 3.05) is 6.54 Å². The van der Waals surface area contributed by atoms with Crippen molar-refractivity contribution in [1.29, 1.82) is 0 Å². The Labute approximate surface area is 119 Å². The highest BCUT2D eigenvalue weighted by Gasteiger charge is 2.36. The van der Waals surface area contributed by atoms with Crippen molar-refractivity contribution in [3.05, 3.63) is 33.1 Å². The van der Waals surface area contributed by atoms with E-state index >= 15 is 0 Å². The van der Waals surface area contributed by atoms with Crippen molar-refractivity contribution < 1.29 is 14.5 Å². The van der Waals surface area contributed by atoms with Gasteiger partial charge in [0.1, 0.15) is 16.9 Å². The van der Waals surface area contributed by atoms with E-state index < -0.39 is 16.5 Å². The molecule has 0 saturated carbocycles. The summed E-state index contributed by atoms with van der Waals surface area (Å²) in [5.41, 5.74) is -0.660. The Morgan fingerprint density at radius 1 is 1.65 bits per heavy atom. The topological polar surface area (TPSA) is 93.4 Å². The van der Waals surface area contributed by atoms with E-state index in [2.05, 4.69) is 4.98 Å². The predicted molar refractivity (Wildman–Crippen MR) is 70.3 cm³/mol. The summed E-state index contributed by atoms with van der Waals surface area (Å²) in [7, 11) is 0. The Hall–Kier alpha value is -2.02. The van der Waals surface area contributed by atoms with Gasteiger partial charge < -0.3 is 0 Å². The first-order valence-electron chi connectivity index (χ1n) is 6.08. The number of hydrogen-bond acceptors (Lipinski definition) is 5. The second-order valence-electron chi connectivity index (χ2n) is 4.57. The standard InChI is InChI=1S/C12H12ClN3O4/c1-2-7-3-11(17)15(6-7)12(18)8-4-10(13)14-5-9(8)16(19)20/h4-5,7H,2-3,6H2,1H3. The first-order chi connectivity index (χ1) is 9.43. The molecule has 0 bridgehead atoms. The first kappa shape index (κ1) is 14.4. The Bertz CT molecular complexity index is 590. The zero-order valence-electron chi connectivity index (χ0n) is 10.7. The number of rotatable bonds is 3. The van der Waals surface area contributed by atoms with Crippen LogP contribution in [0.25, 0.3) is 0 Å². The normalized spacial score (nSPS) is 18.4. The average Bonchev–Trinajstić information content (AvgIpc) is 2.78. The molecule has 1 aromatic rings. The maximum absolute atomic E-state index is 12.3. The molecular formula is C12H12ClN3O4. The van der Waals surface area contributed by atoms with Crippen LogP contribution in [0.1, 0.15) is 30.1 Å². The summed E-state index contributed by atoms with van der Waals surface area (Å²) in [5.74, 6) is -0.908. The summed E-state index contributed by atoms with van der Waals surface area (Å²) in [6, 6.07) is 1.12. The Morgan fingerprint density at radius 2 is 2.35 bits per heavy atom. The molecule has 1 fully saturated rings. The van der Waals surface area contributed by atoms with Gasteiger partial charge in [0.25, 0.3) is 11.6 Å². The number of aromatic nitrogens is 1. The number of imide groups is 1. The maximum atomic E-state index is 12.3. The van der Waals surface area contributed by atoms with Crippen molar-refractivity contribution in [1.82, 2.24) is 9.88 Å². The van der Waals surface area contributed by atoms with Gasteiger partial charge in [-0.05, 0) is 12.0 Å². The third kappa shape index (κ3) is 2.62. The monoisotopic (exact) mass is 297 g/mol. The fourth-order valence-corrected chi connectivity index (χ4v) is 2.29. The van der Waals surface area contributed by atoms with E-state index in [1.807, 2.05) is 6.92 Å². The molecule has 1 aliphatic heterocycles. The minimum atomic E-state index is -0.714. The van der Waals surface area contributed by atoms with Gasteiger partial charge in [-0.25, -0.2) is 4.98 Å². The summed E-state index contributed by atoms with van der Waals surface area (Å²) in [4.78, 5) is 39.0. The summed E-state index contributed by atoms with van der Waals surface area (Å²) in [6.45, 7) is 2.21. The highest BCUT2D eigenvalue weighted by molar-refractivity contribution is 6.30. The van der Waals surface area contributed by atoms with Crippen LogP contribution in [-0.4, -0.2) is 33.2 Å². The SMILES string of the molecule is CCC1CC(=O)N(C(=O)c2cc(Cl)ncc2[N+](=O)[O-])C1. The molecule has 0 radical (unpaired) electrons. The maximum Gasteiger partial charge on any atom is 0.300 e. The molecule has 0 spiro atoms. The second-order valence-corrected chi connectivity index (χ2v) is 4.96. The fourth-order valence-electron chi connectivity index (χ4n) is 2.14. The third-order valence-corrected chi connectivity index (χ3v) is 3.51. The summed E-state index contributed by atoms with van der Waals surface area (Å²) in [6.07, 6.45) is 1.98. The number of nitrogens with zero attached hydrogens (tertiary/aromatic N) is 3. The molecule has 1 aliphatic rings. The average molecular weight is 298 g/mol. The van der Waals surface area contributed by atoms with Crippen LogP contribution in [0.5, 0.6) is 0 Å². The molecule has 0 aromatic carbocycles. The quantitative estimate of drug-likeness (QED) is 0.368. The molecule has 0 N–H and O–H groups in total. The van der Waals surface area contributed by atoms with Gasteiger partial charge in [-0.1, -0.05) is 24.9 Å². The molecule has 7 nitrogen and oxygen atoms in total. The lowest BCUT2D eigenvalue weighted by atomic mass is 10.1. The molecule has 20 heavy (non-hydrogen) atoms. The third-order valence-electron chi connectivity index (χ3n) is 3.30. The van der Waals surface area contributed by atoms with Crippen LogP contribution in [-0.2, 0) is 4.79 Å². The molecule has 8 heteroatoms. The number of nitro groups is 1.